The Morgan fingerprint density at radius 1 is 1.33 bits per heavy atom. The number of nitrogens with zero attached hydrogens (tertiary/aromatic N) is 1. The van der Waals surface area contributed by atoms with Crippen molar-refractivity contribution >= 4 is 0 Å². The van der Waals surface area contributed by atoms with Gasteiger partial charge in [-0.25, -0.2) is 0 Å². The highest BCUT2D eigenvalue weighted by molar-refractivity contribution is 5.32. The number of rotatable bonds is 5. The molecular formula is C18H29NO2. The van der Waals surface area contributed by atoms with Crippen molar-refractivity contribution in [1.29, 1.82) is 0 Å². The zero-order valence-corrected chi connectivity index (χ0v) is 13.8. The van der Waals surface area contributed by atoms with Gasteiger partial charge < -0.3 is 14.7 Å². The summed E-state index contributed by atoms with van der Waals surface area (Å²) in [7, 11) is 4.18. The van der Waals surface area contributed by atoms with E-state index in [1.54, 1.807) is 0 Å². The largest absolute Gasteiger partial charge is 0.494 e. The second-order valence-electron chi connectivity index (χ2n) is 6.59. The van der Waals surface area contributed by atoms with Gasteiger partial charge in [-0.2, -0.15) is 0 Å². The zero-order chi connectivity index (χ0) is 15.5. The Balaban J connectivity index is 2.26. The molecule has 3 heteroatoms. The van der Waals surface area contributed by atoms with Gasteiger partial charge in [0, 0.05) is 0 Å². The van der Waals surface area contributed by atoms with Crippen molar-refractivity contribution in [2.24, 2.45) is 5.92 Å². The number of benzene rings is 1. The van der Waals surface area contributed by atoms with Crippen LogP contribution in [0.4, 0.5) is 0 Å². The predicted molar refractivity (Wildman–Crippen MR) is 86.6 cm³/mol. The fourth-order valence-electron chi connectivity index (χ4n) is 3.48. The number of hydrogen-bond donors (Lipinski definition) is 1. The molecule has 1 aromatic carbocycles. The minimum absolute atomic E-state index is 0.155. The number of hydrogen-bond acceptors (Lipinski definition) is 3. The Labute approximate surface area is 128 Å². The second kappa shape index (κ2) is 6.80. The van der Waals surface area contributed by atoms with Crippen LogP contribution in [0.2, 0.25) is 0 Å². The molecule has 0 amide bonds. The Morgan fingerprint density at radius 2 is 2.00 bits per heavy atom. The fraction of sp³-hybridized carbons (Fsp3) is 0.667. The maximum absolute atomic E-state index is 11.0. The van der Waals surface area contributed by atoms with Crippen LogP contribution >= 0.6 is 0 Å². The molecule has 0 heterocycles. The maximum atomic E-state index is 11.0. The highest BCUT2D eigenvalue weighted by atomic mass is 16.5. The third-order valence-electron chi connectivity index (χ3n) is 5.02. The van der Waals surface area contributed by atoms with Crippen molar-refractivity contribution in [3.8, 4) is 5.75 Å². The summed E-state index contributed by atoms with van der Waals surface area (Å²) < 4.78 is 5.57. The van der Waals surface area contributed by atoms with Crippen molar-refractivity contribution < 1.29 is 9.84 Å². The lowest BCUT2D eigenvalue weighted by Crippen LogP contribution is -2.51. The molecule has 0 spiro atoms. The molecule has 1 aromatic rings. The number of ether oxygens (including phenoxy) is 1. The normalized spacial score (nSPS) is 27.6. The second-order valence-corrected chi connectivity index (χ2v) is 6.59. The van der Waals surface area contributed by atoms with Crippen LogP contribution in [0.25, 0.3) is 0 Å². The fourth-order valence-corrected chi connectivity index (χ4v) is 3.48. The molecule has 0 bridgehead atoms. The molecule has 2 rings (SSSR count). The maximum Gasteiger partial charge on any atom is 0.119 e. The van der Waals surface area contributed by atoms with Crippen LogP contribution in [-0.4, -0.2) is 36.2 Å². The lowest BCUT2D eigenvalue weighted by atomic mass is 9.71. The van der Waals surface area contributed by atoms with Gasteiger partial charge in [0.25, 0.3) is 0 Å². The first-order chi connectivity index (χ1) is 9.99. The summed E-state index contributed by atoms with van der Waals surface area (Å²) in [5.74, 6) is 1.60. The Bertz CT molecular complexity index is 450. The molecule has 1 N–H and O–H groups in total. The van der Waals surface area contributed by atoms with Crippen LogP contribution in [-0.2, 0) is 0 Å². The Hall–Kier alpha value is -1.06. The summed E-state index contributed by atoms with van der Waals surface area (Å²) in [4.78, 5) is 2.22. The van der Waals surface area contributed by atoms with Crippen molar-refractivity contribution in [1.82, 2.24) is 4.90 Å². The van der Waals surface area contributed by atoms with Crippen molar-refractivity contribution in [3.05, 3.63) is 29.8 Å². The van der Waals surface area contributed by atoms with Crippen molar-refractivity contribution in [2.75, 3.05) is 20.7 Å². The van der Waals surface area contributed by atoms with E-state index in [2.05, 4.69) is 25.9 Å². The molecule has 0 radical (unpaired) electrons. The number of likely N-dealkylation sites (N-methyl/N-ethyl adjacent to an activating group) is 1. The molecule has 118 valence electrons. The smallest absolute Gasteiger partial charge is 0.119 e. The predicted octanol–water partition coefficient (Wildman–Crippen LogP) is 3.63. The highest BCUT2D eigenvalue weighted by Crippen LogP contribution is 2.44. The van der Waals surface area contributed by atoms with E-state index in [9.17, 15) is 5.11 Å². The lowest BCUT2D eigenvalue weighted by Gasteiger charge is -2.47. The summed E-state index contributed by atoms with van der Waals surface area (Å²) in [6.07, 6.45) is 3.98. The van der Waals surface area contributed by atoms with Gasteiger partial charge in [0.05, 0.1) is 18.2 Å². The highest BCUT2D eigenvalue weighted by Gasteiger charge is 2.43. The van der Waals surface area contributed by atoms with Gasteiger partial charge in [-0.1, -0.05) is 19.1 Å². The lowest BCUT2D eigenvalue weighted by molar-refractivity contribution is -0.0409. The van der Waals surface area contributed by atoms with E-state index in [0.717, 1.165) is 30.1 Å². The summed E-state index contributed by atoms with van der Waals surface area (Å²) in [6, 6.07) is 7.91. The standard InChI is InChI=1S/C18H29NO2/c1-5-21-16-8-6-7-15(13-16)17(20)18(19(3)4)11-9-14(2)10-12-18/h6-8,13-14,17,20H,5,9-12H2,1-4H3. The Kier molecular flexibility index (Phi) is 5.28. The van der Waals surface area contributed by atoms with Crippen LogP contribution in [0, 0.1) is 5.92 Å². The monoisotopic (exact) mass is 291 g/mol. The molecule has 3 nitrogen and oxygen atoms in total. The molecule has 1 unspecified atom stereocenters. The quantitative estimate of drug-likeness (QED) is 0.899. The van der Waals surface area contributed by atoms with E-state index >= 15 is 0 Å². The van der Waals surface area contributed by atoms with Gasteiger partial charge in [-0.3, -0.25) is 0 Å². The number of aliphatic hydroxyl groups excluding tert-OH is 1. The summed E-state index contributed by atoms with van der Waals surface area (Å²) in [6.45, 7) is 4.94. The van der Waals surface area contributed by atoms with E-state index in [1.807, 2.05) is 31.2 Å². The minimum atomic E-state index is -0.472. The molecule has 1 fully saturated rings. The third kappa shape index (κ3) is 3.41. The van der Waals surface area contributed by atoms with E-state index in [0.29, 0.717) is 6.61 Å². The van der Waals surface area contributed by atoms with Gasteiger partial charge in [-0.15, -0.1) is 0 Å². The molecule has 1 saturated carbocycles. The van der Waals surface area contributed by atoms with Gasteiger partial charge in [0.2, 0.25) is 0 Å². The van der Waals surface area contributed by atoms with Crippen LogP contribution in [0.1, 0.15) is 51.2 Å². The molecule has 21 heavy (non-hydrogen) atoms. The minimum Gasteiger partial charge on any atom is -0.494 e. The van der Waals surface area contributed by atoms with Crippen LogP contribution in [0.15, 0.2) is 24.3 Å². The molecule has 1 aliphatic rings. The summed E-state index contributed by atoms with van der Waals surface area (Å²) in [5, 5.41) is 11.0. The van der Waals surface area contributed by atoms with Gasteiger partial charge >= 0.3 is 0 Å². The molecule has 0 aliphatic heterocycles. The molecule has 1 atom stereocenters. The molecule has 1 aliphatic carbocycles. The third-order valence-corrected chi connectivity index (χ3v) is 5.02. The first kappa shape index (κ1) is 16.3. The van der Waals surface area contributed by atoms with Crippen LogP contribution < -0.4 is 4.74 Å². The summed E-state index contributed by atoms with van der Waals surface area (Å²) in [5.41, 5.74) is 0.807. The average molecular weight is 291 g/mol. The van der Waals surface area contributed by atoms with E-state index in [-0.39, 0.29) is 5.54 Å². The topological polar surface area (TPSA) is 32.7 Å². The van der Waals surface area contributed by atoms with Gasteiger partial charge in [0.15, 0.2) is 0 Å². The first-order valence-corrected chi connectivity index (χ1v) is 8.08. The zero-order valence-electron chi connectivity index (χ0n) is 13.8. The molecule has 0 saturated heterocycles. The van der Waals surface area contributed by atoms with E-state index < -0.39 is 6.10 Å². The number of aliphatic hydroxyl groups is 1. The molecule has 0 aromatic heterocycles. The van der Waals surface area contributed by atoms with Crippen LogP contribution in [0.5, 0.6) is 5.75 Å². The van der Waals surface area contributed by atoms with E-state index in [1.165, 1.54) is 12.8 Å². The molecular weight excluding hydrogens is 262 g/mol. The SMILES string of the molecule is CCOc1cccc(C(O)C2(N(C)C)CCC(C)CC2)c1. The van der Waals surface area contributed by atoms with Crippen LogP contribution in [0.3, 0.4) is 0 Å². The van der Waals surface area contributed by atoms with Crippen molar-refractivity contribution in [2.45, 2.75) is 51.2 Å². The van der Waals surface area contributed by atoms with Gasteiger partial charge in [-0.05, 0) is 70.3 Å². The van der Waals surface area contributed by atoms with Gasteiger partial charge in [0.1, 0.15) is 5.75 Å². The van der Waals surface area contributed by atoms with E-state index in [4.69, 9.17) is 4.74 Å². The Morgan fingerprint density at radius 3 is 2.57 bits per heavy atom. The van der Waals surface area contributed by atoms with Crippen molar-refractivity contribution in [3.63, 3.8) is 0 Å². The summed E-state index contributed by atoms with van der Waals surface area (Å²) >= 11 is 0. The first-order valence-electron chi connectivity index (χ1n) is 8.08. The average Bonchev–Trinajstić information content (AvgIpc) is 2.48.